The van der Waals surface area contributed by atoms with E-state index in [9.17, 15) is 4.79 Å². The lowest BCUT2D eigenvalue weighted by molar-refractivity contribution is -0.115. The van der Waals surface area contributed by atoms with E-state index in [0.717, 1.165) is 30.6 Å². The van der Waals surface area contributed by atoms with Crippen molar-refractivity contribution in [3.05, 3.63) is 29.8 Å². The number of nitrogens with one attached hydrogen (secondary N) is 2. The molecule has 6 heteroatoms. The fourth-order valence-corrected chi connectivity index (χ4v) is 3.30. The predicted molar refractivity (Wildman–Crippen MR) is 109 cm³/mol. The molecule has 1 atom stereocenters. The first-order valence-electron chi connectivity index (χ1n) is 9.01. The van der Waals surface area contributed by atoms with Gasteiger partial charge in [-0.05, 0) is 68.3 Å². The maximum absolute atomic E-state index is 11.9. The second-order valence-electron chi connectivity index (χ2n) is 7.30. The zero-order valence-electron chi connectivity index (χ0n) is 15.0. The normalized spacial score (nSPS) is 20.3. The summed E-state index contributed by atoms with van der Waals surface area (Å²) in [5.74, 6) is 1.66. The van der Waals surface area contributed by atoms with E-state index in [1.807, 2.05) is 12.1 Å². The van der Waals surface area contributed by atoms with Crippen LogP contribution in [0.4, 0.5) is 5.69 Å². The Morgan fingerprint density at radius 2 is 1.88 bits per heavy atom. The molecule has 1 amide bonds. The van der Waals surface area contributed by atoms with Gasteiger partial charge in [0.1, 0.15) is 0 Å². The molecule has 1 saturated carbocycles. The second kappa shape index (κ2) is 11.0. The number of carbonyl (C=O) groups excluding carboxylic acids is 1. The molecule has 3 rings (SSSR count). The van der Waals surface area contributed by atoms with Crippen molar-refractivity contribution in [2.24, 2.45) is 11.8 Å². The fourth-order valence-electron chi connectivity index (χ4n) is 3.30. The second-order valence-corrected chi connectivity index (χ2v) is 7.30. The van der Waals surface area contributed by atoms with Crippen LogP contribution >= 0.6 is 24.8 Å². The number of likely N-dealkylation sites (tertiary alicyclic amines) is 1. The Labute approximate surface area is 163 Å². The van der Waals surface area contributed by atoms with Crippen LogP contribution < -0.4 is 10.6 Å². The highest BCUT2D eigenvalue weighted by Gasteiger charge is 2.20. The molecule has 1 saturated heterocycles. The van der Waals surface area contributed by atoms with Gasteiger partial charge < -0.3 is 10.6 Å². The quantitative estimate of drug-likeness (QED) is 0.749. The molecule has 1 aliphatic heterocycles. The topological polar surface area (TPSA) is 44.4 Å². The summed E-state index contributed by atoms with van der Waals surface area (Å²) >= 11 is 0. The molecule has 1 unspecified atom stereocenters. The summed E-state index contributed by atoms with van der Waals surface area (Å²) < 4.78 is 0. The lowest BCUT2D eigenvalue weighted by atomic mass is 10.00. The van der Waals surface area contributed by atoms with E-state index in [1.165, 1.54) is 44.3 Å². The average molecular weight is 388 g/mol. The monoisotopic (exact) mass is 387 g/mol. The van der Waals surface area contributed by atoms with E-state index < -0.39 is 0 Å². The Morgan fingerprint density at radius 3 is 2.52 bits per heavy atom. The van der Waals surface area contributed by atoms with Gasteiger partial charge in [0.2, 0.25) is 5.91 Å². The Balaban J connectivity index is 0.00000156. The van der Waals surface area contributed by atoms with Crippen molar-refractivity contribution < 1.29 is 4.79 Å². The van der Waals surface area contributed by atoms with Gasteiger partial charge in [-0.3, -0.25) is 9.69 Å². The summed E-state index contributed by atoms with van der Waals surface area (Å²) in [6, 6.07) is 8.29. The summed E-state index contributed by atoms with van der Waals surface area (Å²) in [5, 5.41) is 6.18. The molecular formula is C19H31Cl2N3O. The highest BCUT2D eigenvalue weighted by Crippen LogP contribution is 2.27. The standard InChI is InChI=1S/C19H29N3O.2ClH/c1-15-3-2-10-22(13-15)14-17-6-8-18(9-7-17)21-19(23)12-20-11-16-4-5-16;;/h6-9,15-16,20H,2-5,10-14H2,1H3,(H,21,23);2*1H. The summed E-state index contributed by atoms with van der Waals surface area (Å²) in [7, 11) is 0. The maximum atomic E-state index is 11.9. The number of carbonyl (C=O) groups is 1. The molecule has 2 fully saturated rings. The molecule has 25 heavy (non-hydrogen) atoms. The van der Waals surface area contributed by atoms with Gasteiger partial charge in [0.05, 0.1) is 6.54 Å². The number of nitrogens with zero attached hydrogens (tertiary/aromatic N) is 1. The van der Waals surface area contributed by atoms with Crippen LogP contribution in [0.5, 0.6) is 0 Å². The van der Waals surface area contributed by atoms with Gasteiger partial charge >= 0.3 is 0 Å². The predicted octanol–water partition coefficient (Wildman–Crippen LogP) is 3.70. The molecule has 1 heterocycles. The van der Waals surface area contributed by atoms with Gasteiger partial charge in [0.15, 0.2) is 0 Å². The van der Waals surface area contributed by atoms with Crippen LogP contribution in [0.2, 0.25) is 0 Å². The first-order chi connectivity index (χ1) is 11.2. The fraction of sp³-hybridized carbons (Fsp3) is 0.632. The van der Waals surface area contributed by atoms with Gasteiger partial charge in [-0.1, -0.05) is 19.1 Å². The van der Waals surface area contributed by atoms with E-state index in [-0.39, 0.29) is 30.7 Å². The third-order valence-electron chi connectivity index (χ3n) is 4.80. The molecule has 1 aromatic carbocycles. The minimum absolute atomic E-state index is 0. The van der Waals surface area contributed by atoms with E-state index in [1.54, 1.807) is 0 Å². The van der Waals surface area contributed by atoms with Crippen LogP contribution in [0.3, 0.4) is 0 Å². The van der Waals surface area contributed by atoms with Crippen LogP contribution in [-0.2, 0) is 11.3 Å². The number of amides is 1. The molecule has 142 valence electrons. The summed E-state index contributed by atoms with van der Waals surface area (Å²) in [5.41, 5.74) is 2.21. The molecule has 0 radical (unpaired) electrons. The van der Waals surface area contributed by atoms with Gasteiger partial charge in [-0.25, -0.2) is 0 Å². The van der Waals surface area contributed by atoms with Crippen LogP contribution in [-0.4, -0.2) is 37.0 Å². The van der Waals surface area contributed by atoms with Crippen molar-refractivity contribution in [3.63, 3.8) is 0 Å². The summed E-state index contributed by atoms with van der Waals surface area (Å²) in [6.45, 7) is 7.13. The molecule has 2 N–H and O–H groups in total. The Morgan fingerprint density at radius 1 is 1.16 bits per heavy atom. The third-order valence-corrected chi connectivity index (χ3v) is 4.80. The SMILES string of the molecule is CC1CCCN(Cc2ccc(NC(=O)CNCC3CC3)cc2)C1.Cl.Cl. The molecular weight excluding hydrogens is 357 g/mol. The molecule has 0 spiro atoms. The van der Waals surface area contributed by atoms with Crippen molar-refractivity contribution in [3.8, 4) is 0 Å². The molecule has 0 aromatic heterocycles. The molecule has 1 aromatic rings. The third kappa shape index (κ3) is 7.95. The van der Waals surface area contributed by atoms with Gasteiger partial charge in [-0.2, -0.15) is 0 Å². The zero-order valence-corrected chi connectivity index (χ0v) is 16.6. The number of hydrogen-bond acceptors (Lipinski definition) is 3. The minimum Gasteiger partial charge on any atom is -0.325 e. The van der Waals surface area contributed by atoms with Crippen LogP contribution in [0.15, 0.2) is 24.3 Å². The maximum Gasteiger partial charge on any atom is 0.238 e. The molecule has 2 aliphatic rings. The van der Waals surface area contributed by atoms with Crippen LogP contribution in [0.25, 0.3) is 0 Å². The number of anilines is 1. The number of hydrogen-bond donors (Lipinski definition) is 2. The van der Waals surface area contributed by atoms with Crippen molar-refractivity contribution in [2.45, 2.75) is 39.2 Å². The largest absolute Gasteiger partial charge is 0.325 e. The summed E-state index contributed by atoms with van der Waals surface area (Å²) in [4.78, 5) is 14.4. The zero-order chi connectivity index (χ0) is 16.1. The minimum atomic E-state index is 0. The van der Waals surface area contributed by atoms with Gasteiger partial charge in [-0.15, -0.1) is 24.8 Å². The van der Waals surface area contributed by atoms with E-state index >= 15 is 0 Å². The van der Waals surface area contributed by atoms with Crippen molar-refractivity contribution in [1.82, 2.24) is 10.2 Å². The van der Waals surface area contributed by atoms with E-state index in [2.05, 4.69) is 34.6 Å². The van der Waals surface area contributed by atoms with E-state index in [4.69, 9.17) is 0 Å². The van der Waals surface area contributed by atoms with Gasteiger partial charge in [0.25, 0.3) is 0 Å². The summed E-state index contributed by atoms with van der Waals surface area (Å²) in [6.07, 6.45) is 5.29. The Hall–Kier alpha value is -0.810. The lowest BCUT2D eigenvalue weighted by Gasteiger charge is -2.30. The van der Waals surface area contributed by atoms with Crippen LogP contribution in [0, 0.1) is 11.8 Å². The smallest absolute Gasteiger partial charge is 0.238 e. The van der Waals surface area contributed by atoms with Crippen molar-refractivity contribution >= 4 is 36.4 Å². The number of rotatable bonds is 7. The first kappa shape index (κ1) is 22.2. The molecule has 0 bridgehead atoms. The average Bonchev–Trinajstić information content (AvgIpc) is 3.34. The Kier molecular flexibility index (Phi) is 9.80. The highest BCUT2D eigenvalue weighted by molar-refractivity contribution is 5.92. The number of halogens is 2. The highest BCUT2D eigenvalue weighted by atomic mass is 35.5. The molecule has 4 nitrogen and oxygen atoms in total. The van der Waals surface area contributed by atoms with Crippen molar-refractivity contribution in [2.75, 3.05) is 31.5 Å². The first-order valence-corrected chi connectivity index (χ1v) is 9.01. The Bertz CT molecular complexity index is 520. The molecule has 1 aliphatic carbocycles. The van der Waals surface area contributed by atoms with Crippen LogP contribution in [0.1, 0.15) is 38.2 Å². The number of piperidine rings is 1. The number of benzene rings is 1. The van der Waals surface area contributed by atoms with Crippen molar-refractivity contribution in [1.29, 1.82) is 0 Å². The lowest BCUT2D eigenvalue weighted by Crippen LogP contribution is -2.33. The van der Waals surface area contributed by atoms with E-state index in [0.29, 0.717) is 6.54 Å². The van der Waals surface area contributed by atoms with Gasteiger partial charge in [0, 0.05) is 18.8 Å².